The van der Waals surface area contributed by atoms with Crippen LogP contribution in [0.3, 0.4) is 0 Å². The highest BCUT2D eigenvalue weighted by Crippen LogP contribution is 2.29. The molecule has 0 aromatic carbocycles. The molecule has 1 heterocycles. The summed E-state index contributed by atoms with van der Waals surface area (Å²) in [6, 6.07) is -1.31. The van der Waals surface area contributed by atoms with Crippen molar-refractivity contribution in [2.45, 2.75) is 71.6 Å². The van der Waals surface area contributed by atoms with E-state index in [0.29, 0.717) is 12.8 Å². The molecule has 0 radical (unpaired) electrons. The normalized spacial score (nSPS) is 20.0. The van der Waals surface area contributed by atoms with Crippen LogP contribution in [0, 0.1) is 0 Å². The van der Waals surface area contributed by atoms with E-state index in [4.69, 9.17) is 4.74 Å². The number of imide groups is 1. The third-order valence-electron chi connectivity index (χ3n) is 3.63. The van der Waals surface area contributed by atoms with Gasteiger partial charge in [0, 0.05) is 7.05 Å². The largest absolute Gasteiger partial charge is 0.458 e. The van der Waals surface area contributed by atoms with Gasteiger partial charge in [-0.2, -0.15) is 0 Å². The van der Waals surface area contributed by atoms with Crippen LogP contribution in [-0.2, 0) is 14.3 Å². The summed E-state index contributed by atoms with van der Waals surface area (Å²) in [6.45, 7) is 10.5. The zero-order valence-corrected chi connectivity index (χ0v) is 14.0. The van der Waals surface area contributed by atoms with E-state index in [1.165, 1.54) is 4.90 Å². The van der Waals surface area contributed by atoms with Crippen LogP contribution in [0.25, 0.3) is 0 Å². The number of carbonyl (C=O) groups is 3. The molecule has 21 heavy (non-hydrogen) atoms. The van der Waals surface area contributed by atoms with Crippen molar-refractivity contribution in [3.63, 3.8) is 0 Å². The second-order valence-electron chi connectivity index (χ2n) is 6.91. The van der Waals surface area contributed by atoms with E-state index in [1.54, 1.807) is 41.7 Å². The Morgan fingerprint density at radius 2 is 1.81 bits per heavy atom. The predicted molar refractivity (Wildman–Crippen MR) is 78.6 cm³/mol. The fourth-order valence-electron chi connectivity index (χ4n) is 2.20. The Kier molecular flexibility index (Phi) is 4.70. The van der Waals surface area contributed by atoms with Crippen LogP contribution in [0.4, 0.5) is 4.79 Å². The number of urea groups is 1. The number of rotatable bonds is 4. The van der Waals surface area contributed by atoms with Gasteiger partial charge in [0.15, 0.2) is 0 Å². The van der Waals surface area contributed by atoms with Crippen LogP contribution in [0.5, 0.6) is 0 Å². The highest BCUT2D eigenvalue weighted by molar-refractivity contribution is 6.08. The molecular formula is C15H26N2O4. The highest BCUT2D eigenvalue weighted by atomic mass is 16.6. The summed E-state index contributed by atoms with van der Waals surface area (Å²) in [7, 11) is 1.57. The van der Waals surface area contributed by atoms with Gasteiger partial charge in [0.1, 0.15) is 17.2 Å². The van der Waals surface area contributed by atoms with Crippen LogP contribution < -0.4 is 0 Å². The lowest BCUT2D eigenvalue weighted by Crippen LogP contribution is -2.48. The molecule has 3 amide bonds. The first-order valence-corrected chi connectivity index (χ1v) is 7.27. The van der Waals surface area contributed by atoms with Crippen molar-refractivity contribution >= 4 is 17.9 Å². The monoisotopic (exact) mass is 298 g/mol. The molecule has 1 aliphatic rings. The maximum Gasteiger partial charge on any atom is 0.329 e. The molecule has 1 atom stereocenters. The molecule has 1 saturated heterocycles. The first kappa shape index (κ1) is 17.5. The van der Waals surface area contributed by atoms with Crippen LogP contribution in [0.15, 0.2) is 0 Å². The summed E-state index contributed by atoms with van der Waals surface area (Å²) in [4.78, 5) is 39.6. The van der Waals surface area contributed by atoms with Gasteiger partial charge in [-0.25, -0.2) is 14.5 Å². The van der Waals surface area contributed by atoms with Gasteiger partial charge in [-0.15, -0.1) is 0 Å². The molecule has 1 rings (SSSR count). The van der Waals surface area contributed by atoms with Gasteiger partial charge in [-0.3, -0.25) is 4.79 Å². The van der Waals surface area contributed by atoms with Crippen LogP contribution in [0.1, 0.15) is 54.4 Å². The summed E-state index contributed by atoms with van der Waals surface area (Å²) < 4.78 is 5.36. The Morgan fingerprint density at radius 1 is 1.29 bits per heavy atom. The lowest BCUT2D eigenvalue weighted by molar-refractivity contribution is -0.163. The minimum absolute atomic E-state index is 0.362. The standard InChI is InChI=1S/C15H26N2O4/c1-8-9-10(11(18)21-14(2,3)4)17-12(19)15(5,6)16(7)13(17)20/h10H,8-9H2,1-7H3. The van der Waals surface area contributed by atoms with Crippen molar-refractivity contribution in [1.82, 2.24) is 9.80 Å². The van der Waals surface area contributed by atoms with Crippen molar-refractivity contribution in [3.05, 3.63) is 0 Å². The Bertz CT molecular complexity index is 451. The summed E-state index contributed by atoms with van der Waals surface area (Å²) in [5.74, 6) is -0.892. The van der Waals surface area contributed by atoms with Crippen molar-refractivity contribution in [2.24, 2.45) is 0 Å². The molecule has 6 heteroatoms. The summed E-state index contributed by atoms with van der Waals surface area (Å²) >= 11 is 0. The lowest BCUT2D eigenvalue weighted by Gasteiger charge is -2.28. The fourth-order valence-corrected chi connectivity index (χ4v) is 2.20. The molecular weight excluding hydrogens is 272 g/mol. The molecule has 1 fully saturated rings. The molecule has 120 valence electrons. The number of carbonyl (C=O) groups excluding carboxylic acids is 3. The Morgan fingerprint density at radius 3 is 2.14 bits per heavy atom. The zero-order chi connectivity index (χ0) is 16.6. The molecule has 0 spiro atoms. The minimum Gasteiger partial charge on any atom is -0.458 e. The maximum absolute atomic E-state index is 12.5. The average molecular weight is 298 g/mol. The number of esters is 1. The fraction of sp³-hybridized carbons (Fsp3) is 0.800. The Balaban J connectivity index is 3.09. The molecule has 6 nitrogen and oxygen atoms in total. The van der Waals surface area contributed by atoms with E-state index < -0.39 is 29.2 Å². The van der Waals surface area contributed by atoms with Gasteiger partial charge < -0.3 is 9.64 Å². The molecule has 0 aromatic heterocycles. The molecule has 0 bridgehead atoms. The SMILES string of the molecule is CCCC(C(=O)OC(C)(C)C)N1C(=O)N(C)C(C)(C)C1=O. The van der Waals surface area contributed by atoms with Crippen LogP contribution in [0.2, 0.25) is 0 Å². The van der Waals surface area contributed by atoms with Crippen molar-refractivity contribution in [2.75, 3.05) is 7.05 Å². The number of hydrogen-bond acceptors (Lipinski definition) is 4. The minimum atomic E-state index is -0.939. The summed E-state index contributed by atoms with van der Waals surface area (Å²) in [5.41, 5.74) is -1.60. The average Bonchev–Trinajstić information content (AvgIpc) is 2.47. The van der Waals surface area contributed by atoms with Gasteiger partial charge in [0.2, 0.25) is 0 Å². The van der Waals surface area contributed by atoms with E-state index in [9.17, 15) is 14.4 Å². The van der Waals surface area contributed by atoms with E-state index in [0.717, 1.165) is 4.90 Å². The maximum atomic E-state index is 12.5. The predicted octanol–water partition coefficient (Wildman–Crippen LogP) is 2.17. The Labute approximate surface area is 126 Å². The first-order chi connectivity index (χ1) is 9.43. The quantitative estimate of drug-likeness (QED) is 0.589. The van der Waals surface area contributed by atoms with E-state index in [1.807, 2.05) is 6.92 Å². The van der Waals surface area contributed by atoms with Gasteiger partial charge in [0.25, 0.3) is 5.91 Å². The van der Waals surface area contributed by atoms with Gasteiger partial charge in [-0.1, -0.05) is 13.3 Å². The number of ether oxygens (including phenoxy) is 1. The molecule has 1 unspecified atom stereocenters. The number of hydrogen-bond donors (Lipinski definition) is 0. The number of likely N-dealkylation sites (N-methyl/N-ethyl adjacent to an activating group) is 1. The number of amides is 3. The third-order valence-corrected chi connectivity index (χ3v) is 3.63. The highest BCUT2D eigenvalue weighted by Gasteiger charge is 2.53. The molecule has 0 aromatic rings. The Hall–Kier alpha value is -1.59. The zero-order valence-electron chi connectivity index (χ0n) is 14.0. The lowest BCUT2D eigenvalue weighted by atomic mass is 10.0. The van der Waals surface area contributed by atoms with Gasteiger partial charge in [-0.05, 0) is 41.0 Å². The van der Waals surface area contributed by atoms with E-state index in [2.05, 4.69) is 0 Å². The molecule has 1 aliphatic heterocycles. The van der Waals surface area contributed by atoms with E-state index >= 15 is 0 Å². The number of nitrogens with zero attached hydrogens (tertiary/aromatic N) is 2. The summed E-state index contributed by atoms with van der Waals surface area (Å²) in [5, 5.41) is 0. The molecule has 0 aliphatic carbocycles. The van der Waals surface area contributed by atoms with Gasteiger partial charge >= 0.3 is 12.0 Å². The van der Waals surface area contributed by atoms with Crippen molar-refractivity contribution in [3.8, 4) is 0 Å². The first-order valence-electron chi connectivity index (χ1n) is 7.27. The van der Waals surface area contributed by atoms with Crippen LogP contribution >= 0.6 is 0 Å². The van der Waals surface area contributed by atoms with Crippen molar-refractivity contribution in [1.29, 1.82) is 0 Å². The second-order valence-corrected chi connectivity index (χ2v) is 6.91. The molecule has 0 saturated carbocycles. The van der Waals surface area contributed by atoms with Gasteiger partial charge in [0.05, 0.1) is 0 Å². The molecule has 0 N–H and O–H groups in total. The smallest absolute Gasteiger partial charge is 0.329 e. The topological polar surface area (TPSA) is 66.9 Å². The second kappa shape index (κ2) is 5.66. The van der Waals surface area contributed by atoms with Crippen molar-refractivity contribution < 1.29 is 19.1 Å². The summed E-state index contributed by atoms with van der Waals surface area (Å²) in [6.07, 6.45) is 1.07. The third kappa shape index (κ3) is 3.36. The van der Waals surface area contributed by atoms with Crippen LogP contribution in [-0.4, -0.2) is 51.9 Å². The van der Waals surface area contributed by atoms with E-state index in [-0.39, 0.29) is 5.91 Å².